The van der Waals surface area contributed by atoms with E-state index < -0.39 is 0 Å². The second-order valence-electron chi connectivity index (χ2n) is 4.46. The number of hydrogen-bond donors (Lipinski definition) is 1. The maximum Gasteiger partial charge on any atom is 0.162 e. The lowest BCUT2D eigenvalue weighted by atomic mass is 10.1. The molecule has 2 aromatic carbocycles. The van der Waals surface area contributed by atoms with E-state index in [9.17, 15) is 0 Å². The van der Waals surface area contributed by atoms with Crippen molar-refractivity contribution in [2.24, 2.45) is 0 Å². The van der Waals surface area contributed by atoms with Gasteiger partial charge in [0, 0.05) is 18.3 Å². The molecular weight excluding hydrogens is 250 g/mol. The summed E-state index contributed by atoms with van der Waals surface area (Å²) < 4.78 is 10.8. The van der Waals surface area contributed by atoms with Crippen molar-refractivity contribution in [2.45, 2.75) is 13.3 Å². The summed E-state index contributed by atoms with van der Waals surface area (Å²) in [4.78, 5) is 0. The highest BCUT2D eigenvalue weighted by Gasteiger charge is 2.04. The first-order chi connectivity index (χ1) is 9.83. The Labute approximate surface area is 120 Å². The predicted molar refractivity (Wildman–Crippen MR) is 82.8 cm³/mol. The molecule has 0 amide bonds. The van der Waals surface area contributed by atoms with Crippen LogP contribution < -0.4 is 14.8 Å². The molecule has 0 radical (unpaired) electrons. The number of anilines is 1. The van der Waals surface area contributed by atoms with Gasteiger partial charge in [-0.15, -0.1) is 0 Å². The Bertz CT molecular complexity index is 526. The van der Waals surface area contributed by atoms with Gasteiger partial charge in [-0.1, -0.05) is 30.3 Å². The van der Waals surface area contributed by atoms with Gasteiger partial charge in [-0.05, 0) is 31.0 Å². The van der Waals surface area contributed by atoms with Gasteiger partial charge in [-0.2, -0.15) is 0 Å². The molecule has 0 bridgehead atoms. The quantitative estimate of drug-likeness (QED) is 0.832. The third kappa shape index (κ3) is 3.92. The van der Waals surface area contributed by atoms with Crippen molar-refractivity contribution >= 4 is 5.69 Å². The molecule has 0 fully saturated rings. The SMILES string of the molecule is CCOc1ccc(NCCc2ccccc2)cc1OC. The number of rotatable bonds is 7. The van der Waals surface area contributed by atoms with E-state index in [1.165, 1.54) is 5.56 Å². The Hall–Kier alpha value is -2.16. The molecule has 0 spiro atoms. The van der Waals surface area contributed by atoms with Crippen molar-refractivity contribution in [1.82, 2.24) is 0 Å². The standard InChI is InChI=1S/C17H21NO2/c1-3-20-16-10-9-15(13-17(16)19-2)18-12-11-14-7-5-4-6-8-14/h4-10,13,18H,3,11-12H2,1-2H3. The highest BCUT2D eigenvalue weighted by atomic mass is 16.5. The summed E-state index contributed by atoms with van der Waals surface area (Å²) in [7, 11) is 1.66. The largest absolute Gasteiger partial charge is 0.493 e. The van der Waals surface area contributed by atoms with Gasteiger partial charge in [0.1, 0.15) is 0 Å². The van der Waals surface area contributed by atoms with Crippen LogP contribution in [0.4, 0.5) is 5.69 Å². The maximum absolute atomic E-state index is 5.50. The van der Waals surface area contributed by atoms with Crippen LogP contribution in [0.3, 0.4) is 0 Å². The molecule has 0 aliphatic rings. The molecule has 2 aromatic rings. The number of nitrogens with one attached hydrogen (secondary N) is 1. The van der Waals surface area contributed by atoms with Crippen LogP contribution in [-0.4, -0.2) is 20.3 Å². The third-order valence-electron chi connectivity index (χ3n) is 3.05. The van der Waals surface area contributed by atoms with E-state index in [-0.39, 0.29) is 0 Å². The molecule has 0 aromatic heterocycles. The lowest BCUT2D eigenvalue weighted by molar-refractivity contribution is 0.311. The Morgan fingerprint density at radius 3 is 2.50 bits per heavy atom. The average molecular weight is 271 g/mol. The molecule has 0 aliphatic heterocycles. The Morgan fingerprint density at radius 1 is 1.00 bits per heavy atom. The zero-order valence-corrected chi connectivity index (χ0v) is 12.1. The summed E-state index contributed by atoms with van der Waals surface area (Å²) in [6, 6.07) is 16.4. The van der Waals surface area contributed by atoms with Crippen LogP contribution in [0.1, 0.15) is 12.5 Å². The van der Waals surface area contributed by atoms with Gasteiger partial charge >= 0.3 is 0 Å². The van der Waals surface area contributed by atoms with Crippen LogP contribution in [0.25, 0.3) is 0 Å². The summed E-state index contributed by atoms with van der Waals surface area (Å²) in [6.07, 6.45) is 0.996. The molecule has 0 saturated heterocycles. The van der Waals surface area contributed by atoms with Crippen molar-refractivity contribution in [1.29, 1.82) is 0 Å². The first-order valence-corrected chi connectivity index (χ1v) is 6.92. The molecule has 0 atom stereocenters. The molecule has 0 heterocycles. The second-order valence-corrected chi connectivity index (χ2v) is 4.46. The van der Waals surface area contributed by atoms with Gasteiger partial charge in [-0.3, -0.25) is 0 Å². The maximum atomic E-state index is 5.50. The summed E-state index contributed by atoms with van der Waals surface area (Å²) in [5, 5.41) is 3.40. The lowest BCUT2D eigenvalue weighted by Crippen LogP contribution is -2.05. The number of ether oxygens (including phenoxy) is 2. The molecule has 0 saturated carbocycles. The fourth-order valence-electron chi connectivity index (χ4n) is 2.05. The topological polar surface area (TPSA) is 30.5 Å². The molecule has 0 aliphatic carbocycles. The summed E-state index contributed by atoms with van der Waals surface area (Å²) >= 11 is 0. The van der Waals surface area contributed by atoms with Gasteiger partial charge in [-0.25, -0.2) is 0 Å². The van der Waals surface area contributed by atoms with Crippen molar-refractivity contribution in [3.63, 3.8) is 0 Å². The van der Waals surface area contributed by atoms with Gasteiger partial charge in [0.2, 0.25) is 0 Å². The lowest BCUT2D eigenvalue weighted by Gasteiger charge is -2.12. The van der Waals surface area contributed by atoms with Gasteiger partial charge < -0.3 is 14.8 Å². The molecule has 0 unspecified atom stereocenters. The zero-order chi connectivity index (χ0) is 14.2. The minimum Gasteiger partial charge on any atom is -0.493 e. The summed E-state index contributed by atoms with van der Waals surface area (Å²) in [5.41, 5.74) is 2.37. The minimum absolute atomic E-state index is 0.636. The Kier molecular flexibility index (Phi) is 5.30. The third-order valence-corrected chi connectivity index (χ3v) is 3.05. The first-order valence-electron chi connectivity index (χ1n) is 6.92. The fraction of sp³-hybridized carbons (Fsp3) is 0.294. The van der Waals surface area contributed by atoms with Crippen molar-refractivity contribution in [2.75, 3.05) is 25.6 Å². The molecule has 2 rings (SSSR count). The van der Waals surface area contributed by atoms with Crippen molar-refractivity contribution in [3.8, 4) is 11.5 Å². The molecule has 3 heteroatoms. The van der Waals surface area contributed by atoms with E-state index in [0.29, 0.717) is 6.61 Å². The number of hydrogen-bond acceptors (Lipinski definition) is 3. The van der Waals surface area contributed by atoms with E-state index >= 15 is 0 Å². The number of methoxy groups -OCH3 is 1. The van der Waals surface area contributed by atoms with Gasteiger partial charge in [0.05, 0.1) is 13.7 Å². The second kappa shape index (κ2) is 7.43. The Morgan fingerprint density at radius 2 is 1.80 bits per heavy atom. The molecule has 1 N–H and O–H groups in total. The smallest absolute Gasteiger partial charge is 0.162 e. The predicted octanol–water partition coefficient (Wildman–Crippen LogP) is 3.75. The van der Waals surface area contributed by atoms with Gasteiger partial charge in [0.15, 0.2) is 11.5 Å². The average Bonchev–Trinajstić information content (AvgIpc) is 2.50. The van der Waals surface area contributed by atoms with Crippen LogP contribution in [0.15, 0.2) is 48.5 Å². The summed E-state index contributed by atoms with van der Waals surface area (Å²) in [6.45, 7) is 3.49. The van der Waals surface area contributed by atoms with E-state index in [4.69, 9.17) is 9.47 Å². The zero-order valence-electron chi connectivity index (χ0n) is 12.1. The van der Waals surface area contributed by atoms with E-state index in [0.717, 1.165) is 30.2 Å². The van der Waals surface area contributed by atoms with Crippen LogP contribution >= 0.6 is 0 Å². The van der Waals surface area contributed by atoms with E-state index in [1.807, 2.05) is 31.2 Å². The number of benzene rings is 2. The molecule has 20 heavy (non-hydrogen) atoms. The van der Waals surface area contributed by atoms with Crippen molar-refractivity contribution < 1.29 is 9.47 Å². The van der Waals surface area contributed by atoms with E-state index in [1.54, 1.807) is 7.11 Å². The van der Waals surface area contributed by atoms with Crippen molar-refractivity contribution in [3.05, 3.63) is 54.1 Å². The molecular formula is C17H21NO2. The minimum atomic E-state index is 0.636. The highest BCUT2D eigenvalue weighted by Crippen LogP contribution is 2.30. The van der Waals surface area contributed by atoms with Crippen LogP contribution in [-0.2, 0) is 6.42 Å². The van der Waals surface area contributed by atoms with Crippen LogP contribution in [0, 0.1) is 0 Å². The van der Waals surface area contributed by atoms with E-state index in [2.05, 4.69) is 29.6 Å². The van der Waals surface area contributed by atoms with Crippen LogP contribution in [0.2, 0.25) is 0 Å². The van der Waals surface area contributed by atoms with Gasteiger partial charge in [0.25, 0.3) is 0 Å². The normalized spacial score (nSPS) is 10.1. The molecule has 106 valence electrons. The Balaban J connectivity index is 1.93. The molecule has 3 nitrogen and oxygen atoms in total. The fourth-order valence-corrected chi connectivity index (χ4v) is 2.05. The summed E-state index contributed by atoms with van der Waals surface area (Å²) in [5.74, 6) is 1.54. The van der Waals surface area contributed by atoms with Crippen LogP contribution in [0.5, 0.6) is 11.5 Å². The first kappa shape index (κ1) is 14.3. The highest BCUT2D eigenvalue weighted by molar-refractivity contribution is 5.54. The monoisotopic (exact) mass is 271 g/mol.